The molecule has 5 rings (SSSR count). The minimum Gasteiger partial charge on any atom is -0.490 e. The number of hydrogen-bond acceptors (Lipinski definition) is 9. The number of halogens is 3. The van der Waals surface area contributed by atoms with Gasteiger partial charge in [-0.25, -0.2) is 23.0 Å². The van der Waals surface area contributed by atoms with Crippen molar-refractivity contribution in [3.8, 4) is 11.5 Å². The fourth-order valence-electron chi connectivity index (χ4n) is 5.76. The number of alkyl halides is 3. The highest BCUT2D eigenvalue weighted by molar-refractivity contribution is 7.91. The number of rotatable bonds is 10. The van der Waals surface area contributed by atoms with Crippen molar-refractivity contribution in [3.63, 3.8) is 0 Å². The molecule has 1 unspecified atom stereocenters. The van der Waals surface area contributed by atoms with Crippen LogP contribution in [0.5, 0.6) is 11.5 Å². The van der Waals surface area contributed by atoms with Crippen molar-refractivity contribution in [3.05, 3.63) is 54.4 Å². The van der Waals surface area contributed by atoms with Crippen LogP contribution in [0.2, 0.25) is 0 Å². The first-order valence-electron chi connectivity index (χ1n) is 14.8. The largest absolute Gasteiger partial charge is 0.573 e. The maximum Gasteiger partial charge on any atom is 0.573 e. The summed E-state index contributed by atoms with van der Waals surface area (Å²) >= 11 is 0. The van der Waals surface area contributed by atoms with Gasteiger partial charge in [-0.1, -0.05) is 6.07 Å². The zero-order chi connectivity index (χ0) is 31.2. The zero-order valence-corrected chi connectivity index (χ0v) is 25.0. The van der Waals surface area contributed by atoms with E-state index in [2.05, 4.69) is 20.1 Å². The Morgan fingerprint density at radius 1 is 1.00 bits per heavy atom. The molecule has 44 heavy (non-hydrogen) atoms. The summed E-state index contributed by atoms with van der Waals surface area (Å²) in [6.07, 6.45) is -0.847. The molecule has 0 spiro atoms. The lowest BCUT2D eigenvalue weighted by Gasteiger charge is -2.43. The highest BCUT2D eigenvalue weighted by Crippen LogP contribution is 2.36. The highest BCUT2D eigenvalue weighted by atomic mass is 32.2. The average Bonchev–Trinajstić information content (AvgIpc) is 3.02. The van der Waals surface area contributed by atoms with E-state index in [0.717, 1.165) is 30.7 Å². The average molecular weight is 643 g/mol. The number of sulfonamides is 1. The number of carbonyl (C=O) groups is 1. The number of nitrogens with one attached hydrogen (secondary N) is 1. The van der Waals surface area contributed by atoms with Gasteiger partial charge >= 0.3 is 6.36 Å². The Morgan fingerprint density at radius 3 is 2.32 bits per heavy atom. The molecule has 0 radical (unpaired) electrons. The number of nitrogens with zero attached hydrogens (tertiary/aromatic N) is 3. The van der Waals surface area contributed by atoms with Crippen LogP contribution in [-0.4, -0.2) is 84.8 Å². The summed E-state index contributed by atoms with van der Waals surface area (Å²) < 4.78 is 80.8. The van der Waals surface area contributed by atoms with Gasteiger partial charge in [-0.05, 0) is 74.9 Å². The van der Waals surface area contributed by atoms with E-state index in [-0.39, 0.29) is 37.8 Å². The number of likely N-dealkylation sites (tertiary alicyclic amines) is 1. The lowest BCUT2D eigenvalue weighted by Crippen LogP contribution is -2.63. The number of aromatic nitrogens is 1. The molecule has 1 aromatic heterocycles. The van der Waals surface area contributed by atoms with E-state index < -0.39 is 33.3 Å². The number of carbonyl (C=O) groups excluding carboxylic acids is 1. The number of benzene rings is 1. The molecule has 1 N–H and O–H groups in total. The first kappa shape index (κ1) is 32.4. The lowest BCUT2D eigenvalue weighted by atomic mass is 9.94. The number of amides is 1. The molecule has 4 heterocycles. The van der Waals surface area contributed by atoms with Crippen molar-refractivity contribution in [2.75, 3.05) is 32.8 Å². The van der Waals surface area contributed by atoms with Gasteiger partial charge < -0.3 is 14.2 Å². The van der Waals surface area contributed by atoms with Crippen LogP contribution in [-0.2, 0) is 30.9 Å². The van der Waals surface area contributed by atoms with E-state index in [1.807, 2.05) is 18.2 Å². The van der Waals surface area contributed by atoms with E-state index >= 15 is 0 Å². The van der Waals surface area contributed by atoms with Crippen molar-refractivity contribution in [2.24, 2.45) is 0 Å². The van der Waals surface area contributed by atoms with Gasteiger partial charge in [0.2, 0.25) is 10.0 Å². The van der Waals surface area contributed by atoms with Gasteiger partial charge in [0, 0.05) is 51.9 Å². The molecular weight excluding hydrogens is 605 g/mol. The maximum absolute atomic E-state index is 14.2. The molecule has 1 aromatic carbocycles. The van der Waals surface area contributed by atoms with E-state index in [0.29, 0.717) is 51.3 Å². The highest BCUT2D eigenvalue weighted by Gasteiger charge is 2.55. The Hall–Kier alpha value is -2.98. The first-order valence-corrected chi connectivity index (χ1v) is 16.2. The van der Waals surface area contributed by atoms with Crippen LogP contribution in [0.15, 0.2) is 48.7 Å². The van der Waals surface area contributed by atoms with Crippen molar-refractivity contribution in [1.29, 1.82) is 0 Å². The van der Waals surface area contributed by atoms with Gasteiger partial charge in [0.05, 0.1) is 5.69 Å². The number of hydrogen-bond donors (Lipinski definition) is 1. The predicted molar refractivity (Wildman–Crippen MR) is 152 cm³/mol. The van der Waals surface area contributed by atoms with E-state index in [1.165, 1.54) is 16.4 Å². The number of pyridine rings is 1. The molecule has 11 nitrogen and oxygen atoms in total. The Labute approximate surface area is 254 Å². The summed E-state index contributed by atoms with van der Waals surface area (Å²) in [5, 5.41) is 0. The Bertz CT molecular complexity index is 1330. The van der Waals surface area contributed by atoms with Gasteiger partial charge in [0.1, 0.15) is 17.6 Å². The molecule has 3 fully saturated rings. The zero-order valence-electron chi connectivity index (χ0n) is 24.2. The SMILES string of the molecule is O=C(NOC1CCCCO1)C1(S(=O)(=O)N2CCC(Oc3ccc(OC(F)(F)F)cc3)CC2)CCN(Cc2ccccn2)CC1. The predicted octanol–water partition coefficient (Wildman–Crippen LogP) is 3.76. The fourth-order valence-corrected chi connectivity index (χ4v) is 7.92. The molecule has 3 aliphatic heterocycles. The lowest BCUT2D eigenvalue weighted by molar-refractivity contribution is -0.274. The maximum atomic E-state index is 14.2. The van der Waals surface area contributed by atoms with E-state index in [1.54, 1.807) is 6.20 Å². The van der Waals surface area contributed by atoms with Crippen LogP contribution in [0.4, 0.5) is 13.2 Å². The van der Waals surface area contributed by atoms with Gasteiger partial charge in [-0.3, -0.25) is 14.7 Å². The number of hydroxylamine groups is 1. The molecule has 242 valence electrons. The quantitative estimate of drug-likeness (QED) is 0.387. The summed E-state index contributed by atoms with van der Waals surface area (Å²) in [5.74, 6) is -0.720. The smallest absolute Gasteiger partial charge is 0.490 e. The minimum absolute atomic E-state index is 0.0751. The summed E-state index contributed by atoms with van der Waals surface area (Å²) in [5.41, 5.74) is 3.28. The molecule has 2 aromatic rings. The summed E-state index contributed by atoms with van der Waals surface area (Å²) in [6.45, 7) is 2.04. The van der Waals surface area contributed by atoms with Gasteiger partial charge in [-0.15, -0.1) is 13.2 Å². The first-order chi connectivity index (χ1) is 21.0. The molecule has 15 heteroatoms. The fraction of sp³-hybridized carbons (Fsp3) is 0.586. The second-order valence-corrected chi connectivity index (χ2v) is 13.4. The Morgan fingerprint density at radius 2 is 1.70 bits per heavy atom. The summed E-state index contributed by atoms with van der Waals surface area (Å²) in [7, 11) is -4.13. The number of piperidine rings is 2. The topological polar surface area (TPSA) is 120 Å². The Balaban J connectivity index is 1.23. The summed E-state index contributed by atoms with van der Waals surface area (Å²) in [4.78, 5) is 25.7. The molecule has 3 saturated heterocycles. The molecule has 0 saturated carbocycles. The van der Waals surface area contributed by atoms with Gasteiger partial charge in [-0.2, -0.15) is 0 Å². The third-order valence-electron chi connectivity index (χ3n) is 8.20. The second-order valence-electron chi connectivity index (χ2n) is 11.2. The van der Waals surface area contributed by atoms with Crippen LogP contribution >= 0.6 is 0 Å². The standard InChI is InChI=1S/C29H37F3N4O7S/c30-29(31,32)42-25-9-7-23(8-10-25)41-24-11-16-36(17-12-24)44(38,39)28(27(37)34-43-26-6-2-4-20-40-26)13-18-35(19-14-28)21-22-5-1-3-15-33-22/h1,3,5,7-10,15,24,26H,2,4,6,11-14,16-21H2,(H,34,37). The normalized spacial score (nSPS) is 22.3. The third-order valence-corrected chi connectivity index (χ3v) is 10.8. The van der Waals surface area contributed by atoms with Crippen LogP contribution in [0.1, 0.15) is 50.6 Å². The molecule has 3 aliphatic rings. The van der Waals surface area contributed by atoms with Crippen molar-refractivity contribution >= 4 is 15.9 Å². The third kappa shape index (κ3) is 7.99. The van der Waals surface area contributed by atoms with Crippen molar-refractivity contribution < 1.29 is 45.4 Å². The second kappa shape index (κ2) is 14.0. The number of ether oxygens (including phenoxy) is 3. The molecule has 1 amide bonds. The Kier molecular flexibility index (Phi) is 10.3. The minimum atomic E-state index is -4.79. The van der Waals surface area contributed by atoms with Crippen LogP contribution in [0.3, 0.4) is 0 Å². The van der Waals surface area contributed by atoms with Crippen molar-refractivity contribution in [2.45, 2.75) is 75.0 Å². The van der Waals surface area contributed by atoms with E-state index in [4.69, 9.17) is 14.3 Å². The summed E-state index contributed by atoms with van der Waals surface area (Å²) in [6, 6.07) is 10.7. The van der Waals surface area contributed by atoms with E-state index in [9.17, 15) is 26.4 Å². The molecule has 0 aliphatic carbocycles. The van der Waals surface area contributed by atoms with Crippen LogP contribution in [0.25, 0.3) is 0 Å². The van der Waals surface area contributed by atoms with Gasteiger partial charge in [0.25, 0.3) is 5.91 Å². The van der Waals surface area contributed by atoms with Gasteiger partial charge in [0.15, 0.2) is 11.0 Å². The molecule has 0 bridgehead atoms. The molecule has 1 atom stereocenters. The van der Waals surface area contributed by atoms with Crippen molar-refractivity contribution in [1.82, 2.24) is 19.7 Å². The molecular formula is C29H37F3N4O7S. The van der Waals surface area contributed by atoms with Crippen LogP contribution < -0.4 is 15.0 Å². The monoisotopic (exact) mass is 642 g/mol. The van der Waals surface area contributed by atoms with Crippen LogP contribution in [0, 0.1) is 0 Å².